The lowest BCUT2D eigenvalue weighted by molar-refractivity contribution is 0.153. The molecule has 5 heteroatoms. The van der Waals surface area contributed by atoms with Crippen LogP contribution >= 0.6 is 22.9 Å². The van der Waals surface area contributed by atoms with Gasteiger partial charge in [0.25, 0.3) is 0 Å². The molecule has 2 aromatic rings. The van der Waals surface area contributed by atoms with Crippen LogP contribution in [0.2, 0.25) is 5.02 Å². The molecule has 0 aliphatic heterocycles. The smallest absolute Gasteiger partial charge is 0.186 e. The van der Waals surface area contributed by atoms with Crippen LogP contribution in [-0.4, -0.2) is 17.1 Å². The van der Waals surface area contributed by atoms with E-state index in [1.165, 1.54) is 10.4 Å². The summed E-state index contributed by atoms with van der Waals surface area (Å²) in [6, 6.07) is 8.14. The highest BCUT2D eigenvalue weighted by molar-refractivity contribution is 7.15. The molecule has 0 amide bonds. The van der Waals surface area contributed by atoms with Crippen LogP contribution in [0.3, 0.4) is 0 Å². The fourth-order valence-electron chi connectivity index (χ4n) is 2.66. The van der Waals surface area contributed by atoms with E-state index in [1.54, 1.807) is 11.3 Å². The van der Waals surface area contributed by atoms with E-state index in [1.807, 2.05) is 24.3 Å². The predicted molar refractivity (Wildman–Crippen MR) is 88.3 cm³/mol. The minimum atomic E-state index is -0.391. The molecule has 1 aliphatic rings. The molecule has 1 heterocycles. The number of hydrogen-bond donors (Lipinski definition) is 1. The van der Waals surface area contributed by atoms with Crippen molar-refractivity contribution in [3.05, 3.63) is 45.4 Å². The van der Waals surface area contributed by atoms with Crippen LogP contribution in [-0.2, 0) is 6.42 Å². The van der Waals surface area contributed by atoms with Crippen molar-refractivity contribution in [3.8, 4) is 0 Å². The molecule has 3 rings (SSSR count). The summed E-state index contributed by atoms with van der Waals surface area (Å²) in [7, 11) is 2.05. The van der Waals surface area contributed by atoms with Gasteiger partial charge in [-0.15, -0.1) is 11.3 Å². The zero-order valence-electron chi connectivity index (χ0n) is 12.2. The zero-order valence-corrected chi connectivity index (χ0v) is 13.8. The van der Waals surface area contributed by atoms with E-state index in [4.69, 9.17) is 11.6 Å². The van der Waals surface area contributed by atoms with Crippen molar-refractivity contribution in [2.45, 2.75) is 38.3 Å². The molecule has 0 fully saturated rings. The first-order valence-corrected chi connectivity index (χ1v) is 8.41. The van der Waals surface area contributed by atoms with Crippen LogP contribution in [0.4, 0.5) is 5.13 Å². The summed E-state index contributed by atoms with van der Waals surface area (Å²) >= 11 is 7.65. The molecule has 3 nitrogen and oxygen atoms in total. The SMILES string of the molecule is CC(c1ccc(Cl)cc1)N(C)c1nc2c(s1)CCCC2O. The zero-order chi connectivity index (χ0) is 15.0. The van der Waals surface area contributed by atoms with Gasteiger partial charge in [0.2, 0.25) is 0 Å². The number of nitrogens with zero attached hydrogens (tertiary/aromatic N) is 2. The van der Waals surface area contributed by atoms with E-state index in [2.05, 4.69) is 23.9 Å². The van der Waals surface area contributed by atoms with Gasteiger partial charge in [-0.1, -0.05) is 23.7 Å². The highest BCUT2D eigenvalue weighted by Crippen LogP contribution is 2.38. The highest BCUT2D eigenvalue weighted by atomic mass is 35.5. The van der Waals surface area contributed by atoms with Crippen LogP contribution < -0.4 is 4.90 Å². The van der Waals surface area contributed by atoms with Gasteiger partial charge in [-0.2, -0.15) is 0 Å². The molecule has 0 saturated carbocycles. The van der Waals surface area contributed by atoms with Gasteiger partial charge in [-0.3, -0.25) is 0 Å². The third-order valence-corrected chi connectivity index (χ3v) is 5.62. The van der Waals surface area contributed by atoms with Crippen molar-refractivity contribution in [3.63, 3.8) is 0 Å². The van der Waals surface area contributed by atoms with E-state index in [9.17, 15) is 5.11 Å². The van der Waals surface area contributed by atoms with Crippen molar-refractivity contribution in [2.24, 2.45) is 0 Å². The van der Waals surface area contributed by atoms with Crippen molar-refractivity contribution >= 4 is 28.1 Å². The van der Waals surface area contributed by atoms with Crippen LogP contribution in [0.25, 0.3) is 0 Å². The Morgan fingerprint density at radius 2 is 2.10 bits per heavy atom. The summed E-state index contributed by atoms with van der Waals surface area (Å²) in [5.74, 6) is 0. The number of halogens is 1. The first-order chi connectivity index (χ1) is 10.1. The molecule has 1 N–H and O–H groups in total. The molecular formula is C16H19ClN2OS. The summed E-state index contributed by atoms with van der Waals surface area (Å²) in [6.07, 6.45) is 2.52. The van der Waals surface area contributed by atoms with Crippen LogP contribution in [0.5, 0.6) is 0 Å². The van der Waals surface area contributed by atoms with E-state index < -0.39 is 6.10 Å². The number of benzene rings is 1. The number of anilines is 1. The Hall–Kier alpha value is -1.10. The van der Waals surface area contributed by atoms with Gasteiger partial charge in [0.15, 0.2) is 5.13 Å². The number of aliphatic hydroxyl groups is 1. The lowest BCUT2D eigenvalue weighted by Gasteiger charge is -2.24. The van der Waals surface area contributed by atoms with E-state index in [0.717, 1.165) is 35.1 Å². The van der Waals surface area contributed by atoms with Crippen LogP contribution in [0.15, 0.2) is 24.3 Å². The maximum absolute atomic E-state index is 10.1. The summed E-state index contributed by atoms with van der Waals surface area (Å²) in [6.45, 7) is 2.15. The summed E-state index contributed by atoms with van der Waals surface area (Å²) in [5, 5.41) is 11.8. The third-order valence-electron chi connectivity index (χ3n) is 4.15. The molecule has 0 spiro atoms. The van der Waals surface area contributed by atoms with E-state index in [-0.39, 0.29) is 6.04 Å². The largest absolute Gasteiger partial charge is 0.387 e. The monoisotopic (exact) mass is 322 g/mol. The van der Waals surface area contributed by atoms with Gasteiger partial charge in [-0.25, -0.2) is 4.98 Å². The Balaban J connectivity index is 1.84. The number of aliphatic hydroxyl groups excluding tert-OH is 1. The average molecular weight is 323 g/mol. The molecule has 2 atom stereocenters. The number of thiazole rings is 1. The number of aromatic nitrogens is 1. The van der Waals surface area contributed by atoms with Gasteiger partial charge in [0, 0.05) is 16.9 Å². The number of rotatable bonds is 3. The molecular weight excluding hydrogens is 304 g/mol. The molecule has 1 aromatic heterocycles. The number of fused-ring (bicyclic) bond motifs is 1. The molecule has 0 saturated heterocycles. The second-order valence-electron chi connectivity index (χ2n) is 5.55. The number of hydrogen-bond acceptors (Lipinski definition) is 4. The molecule has 1 aromatic carbocycles. The first kappa shape index (κ1) is 14.8. The summed E-state index contributed by atoms with van der Waals surface area (Å²) in [4.78, 5) is 8.06. The minimum Gasteiger partial charge on any atom is -0.387 e. The quantitative estimate of drug-likeness (QED) is 0.912. The summed E-state index contributed by atoms with van der Waals surface area (Å²) in [5.41, 5.74) is 2.09. The van der Waals surface area contributed by atoms with Crippen molar-refractivity contribution in [1.82, 2.24) is 4.98 Å². The lowest BCUT2D eigenvalue weighted by atomic mass is 10.0. The van der Waals surface area contributed by atoms with Gasteiger partial charge in [-0.05, 0) is 43.9 Å². The Morgan fingerprint density at radius 1 is 1.38 bits per heavy atom. The predicted octanol–water partition coefficient (Wildman–Crippen LogP) is 4.36. The van der Waals surface area contributed by atoms with E-state index >= 15 is 0 Å². The molecule has 0 radical (unpaired) electrons. The van der Waals surface area contributed by atoms with Crippen molar-refractivity contribution in [2.75, 3.05) is 11.9 Å². The van der Waals surface area contributed by atoms with Crippen LogP contribution in [0, 0.1) is 0 Å². The second kappa shape index (κ2) is 5.95. The standard InChI is InChI=1S/C16H19ClN2OS/c1-10(11-6-8-12(17)9-7-11)19(2)16-18-15-13(20)4-3-5-14(15)21-16/h6-10,13,20H,3-5H2,1-2H3. The van der Waals surface area contributed by atoms with Gasteiger partial charge >= 0.3 is 0 Å². The Bertz CT molecular complexity index is 626. The third kappa shape index (κ3) is 2.93. The van der Waals surface area contributed by atoms with Gasteiger partial charge in [0.1, 0.15) is 0 Å². The molecule has 21 heavy (non-hydrogen) atoms. The first-order valence-electron chi connectivity index (χ1n) is 7.22. The van der Waals surface area contributed by atoms with Crippen molar-refractivity contribution in [1.29, 1.82) is 0 Å². The second-order valence-corrected chi connectivity index (χ2v) is 7.05. The maximum Gasteiger partial charge on any atom is 0.186 e. The maximum atomic E-state index is 10.1. The lowest BCUT2D eigenvalue weighted by Crippen LogP contribution is -2.21. The Kier molecular flexibility index (Phi) is 4.20. The van der Waals surface area contributed by atoms with Crippen molar-refractivity contribution < 1.29 is 5.11 Å². The van der Waals surface area contributed by atoms with E-state index in [0.29, 0.717) is 0 Å². The fourth-order valence-corrected chi connectivity index (χ4v) is 3.99. The molecule has 1 aliphatic carbocycles. The molecule has 2 unspecified atom stereocenters. The average Bonchev–Trinajstić information content (AvgIpc) is 2.92. The topological polar surface area (TPSA) is 36.4 Å². The Labute approximate surface area is 134 Å². The highest BCUT2D eigenvalue weighted by Gasteiger charge is 2.25. The van der Waals surface area contributed by atoms with Gasteiger partial charge < -0.3 is 10.0 Å². The fraction of sp³-hybridized carbons (Fsp3) is 0.438. The molecule has 112 valence electrons. The minimum absolute atomic E-state index is 0.215. The number of aryl methyl sites for hydroxylation is 1. The molecule has 0 bridgehead atoms. The summed E-state index contributed by atoms with van der Waals surface area (Å²) < 4.78 is 0. The van der Waals surface area contributed by atoms with Crippen LogP contribution in [0.1, 0.15) is 48.0 Å². The normalized spacial score (nSPS) is 19.1. The van der Waals surface area contributed by atoms with Gasteiger partial charge in [0.05, 0.1) is 17.8 Å². The Morgan fingerprint density at radius 3 is 2.76 bits per heavy atom.